The Bertz CT molecular complexity index is 856. The standard InChI is InChI=1S/C21H26O10/c1-10-9-29-20(8-14(10)30-18(26)11-2-4-13(22)5-3-11)19(27)21(28)15(23)6-12(17(24)25)7-16(21)31-20/h2-5,10,12,14-16,19,22-23,27-28H,6-9H2,1H3,(H,24,25)/t10-,12-,14+,15-,16+,19-,20-,21+/m0/s1. The maximum absolute atomic E-state index is 12.5. The van der Waals surface area contributed by atoms with Crippen LogP contribution in [0, 0.1) is 11.8 Å². The Morgan fingerprint density at radius 1 is 1.16 bits per heavy atom. The first-order chi connectivity index (χ1) is 14.6. The molecule has 0 radical (unpaired) electrons. The summed E-state index contributed by atoms with van der Waals surface area (Å²) >= 11 is 0. The zero-order valence-electron chi connectivity index (χ0n) is 16.9. The number of carboxylic acids is 1. The van der Waals surface area contributed by atoms with E-state index in [9.17, 15) is 35.1 Å². The normalized spacial score (nSPS) is 42.2. The molecule has 1 spiro atoms. The summed E-state index contributed by atoms with van der Waals surface area (Å²) < 4.78 is 17.2. The summed E-state index contributed by atoms with van der Waals surface area (Å²) in [4.78, 5) is 23.9. The lowest BCUT2D eigenvalue weighted by molar-refractivity contribution is -0.299. The molecule has 5 N–H and O–H groups in total. The number of aromatic hydroxyl groups is 1. The van der Waals surface area contributed by atoms with Gasteiger partial charge in [-0.1, -0.05) is 6.92 Å². The van der Waals surface area contributed by atoms with Crippen LogP contribution in [0.25, 0.3) is 0 Å². The van der Waals surface area contributed by atoms with E-state index in [0.717, 1.165) is 0 Å². The second kappa shape index (κ2) is 7.72. The van der Waals surface area contributed by atoms with E-state index in [0.29, 0.717) is 0 Å². The number of fused-ring (bicyclic) bond motifs is 1. The second-order valence-corrected chi connectivity index (χ2v) is 8.71. The predicted octanol–water partition coefficient (Wildman–Crippen LogP) is 0.0166. The number of esters is 1. The molecule has 3 fully saturated rings. The molecule has 0 unspecified atom stereocenters. The molecule has 4 rings (SSSR count). The second-order valence-electron chi connectivity index (χ2n) is 8.71. The van der Waals surface area contributed by atoms with Crippen LogP contribution in [-0.2, 0) is 19.0 Å². The maximum Gasteiger partial charge on any atom is 0.338 e. The third-order valence-electron chi connectivity index (χ3n) is 6.67. The van der Waals surface area contributed by atoms with Crippen molar-refractivity contribution in [3.63, 3.8) is 0 Å². The fourth-order valence-electron chi connectivity index (χ4n) is 4.73. The molecule has 2 aliphatic heterocycles. The van der Waals surface area contributed by atoms with Gasteiger partial charge in [-0.25, -0.2) is 4.79 Å². The van der Waals surface area contributed by atoms with Gasteiger partial charge in [0.15, 0.2) is 0 Å². The lowest BCUT2D eigenvalue weighted by Gasteiger charge is -2.44. The Balaban J connectivity index is 1.54. The molecule has 10 nitrogen and oxygen atoms in total. The van der Waals surface area contributed by atoms with Crippen LogP contribution in [0.15, 0.2) is 24.3 Å². The first kappa shape index (κ1) is 22.0. The van der Waals surface area contributed by atoms with Crippen LogP contribution < -0.4 is 0 Å². The number of hydrogen-bond acceptors (Lipinski definition) is 9. The number of aliphatic hydroxyl groups is 3. The van der Waals surface area contributed by atoms with Crippen molar-refractivity contribution in [1.82, 2.24) is 0 Å². The van der Waals surface area contributed by atoms with Crippen molar-refractivity contribution in [3.05, 3.63) is 29.8 Å². The molecule has 170 valence electrons. The summed E-state index contributed by atoms with van der Waals surface area (Å²) in [5.74, 6) is -4.70. The van der Waals surface area contributed by atoms with Crippen LogP contribution in [0.3, 0.4) is 0 Å². The third kappa shape index (κ3) is 3.58. The number of aliphatic carboxylic acids is 1. The van der Waals surface area contributed by atoms with Crippen molar-refractivity contribution in [2.45, 2.75) is 62.0 Å². The molecule has 31 heavy (non-hydrogen) atoms. The van der Waals surface area contributed by atoms with Gasteiger partial charge in [0.1, 0.15) is 23.6 Å². The molecule has 1 aromatic rings. The van der Waals surface area contributed by atoms with Crippen LogP contribution in [0.2, 0.25) is 0 Å². The van der Waals surface area contributed by atoms with Gasteiger partial charge >= 0.3 is 11.9 Å². The van der Waals surface area contributed by atoms with Crippen LogP contribution in [0.4, 0.5) is 0 Å². The van der Waals surface area contributed by atoms with Gasteiger partial charge < -0.3 is 39.7 Å². The topological polar surface area (TPSA) is 163 Å². The van der Waals surface area contributed by atoms with E-state index in [1.807, 2.05) is 0 Å². The zero-order valence-corrected chi connectivity index (χ0v) is 16.9. The van der Waals surface area contributed by atoms with Crippen LogP contribution in [0.5, 0.6) is 5.75 Å². The molecule has 0 bridgehead atoms. The minimum absolute atomic E-state index is 0.00601. The zero-order chi connectivity index (χ0) is 22.6. The highest BCUT2D eigenvalue weighted by Crippen LogP contribution is 2.51. The van der Waals surface area contributed by atoms with E-state index in [1.165, 1.54) is 24.3 Å². The quantitative estimate of drug-likeness (QED) is 0.406. The third-order valence-corrected chi connectivity index (χ3v) is 6.67. The van der Waals surface area contributed by atoms with Gasteiger partial charge in [0.05, 0.1) is 30.3 Å². The first-order valence-corrected chi connectivity index (χ1v) is 10.2. The Morgan fingerprint density at radius 2 is 1.84 bits per heavy atom. The molecule has 2 heterocycles. The van der Waals surface area contributed by atoms with Gasteiger partial charge in [-0.2, -0.15) is 0 Å². The Hall–Kier alpha value is -2.24. The summed E-state index contributed by atoms with van der Waals surface area (Å²) in [6.07, 6.45) is -5.52. The number of carboxylic acid groups (broad SMARTS) is 1. The highest BCUT2D eigenvalue weighted by molar-refractivity contribution is 5.89. The number of carbonyl (C=O) groups excluding carboxylic acids is 1. The van der Waals surface area contributed by atoms with Crippen molar-refractivity contribution in [1.29, 1.82) is 0 Å². The molecule has 3 aliphatic rings. The molecule has 1 aromatic carbocycles. The lowest BCUT2D eigenvalue weighted by Crippen LogP contribution is -2.63. The number of ether oxygens (including phenoxy) is 3. The smallest absolute Gasteiger partial charge is 0.338 e. The minimum Gasteiger partial charge on any atom is -0.508 e. The molecule has 0 amide bonds. The molecule has 10 heteroatoms. The van der Waals surface area contributed by atoms with E-state index in [1.54, 1.807) is 6.92 Å². The summed E-state index contributed by atoms with van der Waals surface area (Å²) in [5, 5.41) is 51.2. The monoisotopic (exact) mass is 438 g/mol. The number of benzene rings is 1. The first-order valence-electron chi connectivity index (χ1n) is 10.2. The number of hydrogen-bond donors (Lipinski definition) is 5. The van der Waals surface area contributed by atoms with Crippen molar-refractivity contribution in [2.75, 3.05) is 6.61 Å². The number of phenolic OH excluding ortho intramolecular Hbond substituents is 1. The Morgan fingerprint density at radius 3 is 2.48 bits per heavy atom. The average Bonchev–Trinajstić information content (AvgIpc) is 2.94. The molecule has 1 aliphatic carbocycles. The van der Waals surface area contributed by atoms with Gasteiger partial charge in [-0.3, -0.25) is 4.79 Å². The fraction of sp³-hybridized carbons (Fsp3) is 0.619. The maximum atomic E-state index is 12.5. The number of phenols is 1. The summed E-state index contributed by atoms with van der Waals surface area (Å²) in [6, 6.07) is 5.54. The van der Waals surface area contributed by atoms with E-state index < -0.39 is 53.7 Å². The van der Waals surface area contributed by atoms with Crippen LogP contribution in [0.1, 0.15) is 36.5 Å². The molecule has 1 saturated carbocycles. The Labute approximate surface area is 178 Å². The largest absolute Gasteiger partial charge is 0.508 e. The van der Waals surface area contributed by atoms with Crippen molar-refractivity contribution in [2.24, 2.45) is 11.8 Å². The minimum atomic E-state index is -2.10. The summed E-state index contributed by atoms with van der Waals surface area (Å²) in [6.45, 7) is 1.84. The molecule has 8 atom stereocenters. The van der Waals surface area contributed by atoms with Gasteiger partial charge in [0, 0.05) is 12.3 Å². The molecular formula is C21H26O10. The van der Waals surface area contributed by atoms with Crippen molar-refractivity contribution in [3.8, 4) is 5.75 Å². The van der Waals surface area contributed by atoms with Crippen LogP contribution in [-0.4, -0.2) is 79.9 Å². The average molecular weight is 438 g/mol. The summed E-state index contributed by atoms with van der Waals surface area (Å²) in [7, 11) is 0. The van der Waals surface area contributed by atoms with Gasteiger partial charge in [0.25, 0.3) is 0 Å². The number of rotatable bonds is 3. The SMILES string of the molecule is C[C@H]1CO[C@@]2(C[C@H]1OC(=O)c1ccc(O)cc1)O[C@@H]1C[C@@H](C(=O)O)C[C@H](O)[C@]1(O)[C@H]2O. The highest BCUT2D eigenvalue weighted by atomic mass is 16.7. The van der Waals surface area contributed by atoms with E-state index in [4.69, 9.17) is 14.2 Å². The Kier molecular flexibility index (Phi) is 5.47. The molecular weight excluding hydrogens is 412 g/mol. The van der Waals surface area contributed by atoms with Crippen molar-refractivity contribution < 1.29 is 49.3 Å². The van der Waals surface area contributed by atoms with E-state index in [-0.39, 0.29) is 43.1 Å². The van der Waals surface area contributed by atoms with Gasteiger partial charge in [-0.05, 0) is 37.1 Å². The molecule has 2 saturated heterocycles. The lowest BCUT2D eigenvalue weighted by atomic mass is 9.71. The molecule has 0 aromatic heterocycles. The van der Waals surface area contributed by atoms with Crippen molar-refractivity contribution >= 4 is 11.9 Å². The fourth-order valence-corrected chi connectivity index (χ4v) is 4.73. The van der Waals surface area contributed by atoms with E-state index >= 15 is 0 Å². The highest BCUT2D eigenvalue weighted by Gasteiger charge is 2.70. The van der Waals surface area contributed by atoms with Crippen LogP contribution >= 0.6 is 0 Å². The predicted molar refractivity (Wildman–Crippen MR) is 102 cm³/mol. The number of aliphatic hydroxyl groups excluding tert-OH is 2. The van der Waals surface area contributed by atoms with E-state index in [2.05, 4.69) is 0 Å². The number of carbonyl (C=O) groups is 2. The van der Waals surface area contributed by atoms with Gasteiger partial charge in [-0.15, -0.1) is 0 Å². The summed E-state index contributed by atoms with van der Waals surface area (Å²) in [5.41, 5.74) is -1.87. The van der Waals surface area contributed by atoms with Gasteiger partial charge in [0.2, 0.25) is 5.79 Å².